The van der Waals surface area contributed by atoms with Crippen molar-refractivity contribution in [3.05, 3.63) is 59.9 Å². The fraction of sp³-hybridized carbons (Fsp3) is 0.391. The van der Waals surface area contributed by atoms with E-state index in [4.69, 9.17) is 0 Å². The molecule has 2 aromatic carbocycles. The molecule has 8 heteroatoms. The summed E-state index contributed by atoms with van der Waals surface area (Å²) in [5, 5.41) is 2.90. The third kappa shape index (κ3) is 4.36. The number of nitrogens with zero attached hydrogens (tertiary/aromatic N) is 3. The zero-order chi connectivity index (χ0) is 22.0. The van der Waals surface area contributed by atoms with Crippen LogP contribution in [0.2, 0.25) is 0 Å². The molecule has 1 aromatic heterocycles. The largest absolute Gasteiger partial charge is 0.350 e. The molecular formula is C23H28N4O3S. The topological polar surface area (TPSA) is 84.3 Å². The first kappa shape index (κ1) is 21.5. The minimum Gasteiger partial charge on any atom is -0.350 e. The fourth-order valence-electron chi connectivity index (χ4n) is 4.22. The number of aromatic nitrogens is 2. The van der Waals surface area contributed by atoms with Gasteiger partial charge in [0.1, 0.15) is 5.82 Å². The van der Waals surface area contributed by atoms with Gasteiger partial charge in [-0.1, -0.05) is 24.6 Å². The molecule has 1 amide bonds. The number of fused-ring (bicyclic) bond motifs is 1. The molecule has 31 heavy (non-hydrogen) atoms. The number of nitrogens with one attached hydrogen (secondary N) is 1. The molecule has 1 atom stereocenters. The summed E-state index contributed by atoms with van der Waals surface area (Å²) in [4.78, 5) is 17.4. The van der Waals surface area contributed by atoms with Crippen LogP contribution in [0.4, 0.5) is 0 Å². The molecule has 2 heterocycles. The lowest BCUT2D eigenvalue weighted by Crippen LogP contribution is -2.42. The van der Waals surface area contributed by atoms with Crippen LogP contribution in [-0.4, -0.2) is 47.3 Å². The minimum absolute atomic E-state index is 0.0236. The van der Waals surface area contributed by atoms with E-state index in [1.54, 1.807) is 22.5 Å². The van der Waals surface area contributed by atoms with Crippen molar-refractivity contribution in [2.45, 2.75) is 50.6 Å². The molecule has 1 aliphatic rings. The molecule has 7 nitrogen and oxygen atoms in total. The Hall–Kier alpha value is -2.71. The molecule has 164 valence electrons. The lowest BCUT2D eigenvalue weighted by atomic mass is 10.1. The summed E-state index contributed by atoms with van der Waals surface area (Å²) < 4.78 is 29.8. The van der Waals surface area contributed by atoms with Gasteiger partial charge in [-0.25, -0.2) is 13.4 Å². The van der Waals surface area contributed by atoms with Crippen molar-refractivity contribution in [2.24, 2.45) is 0 Å². The SMILES string of the molecule is Cc1nc2ccccc2n1CCNC(=O)c1cccc(S(=O)(=O)N2CCCCC2C)c1. The van der Waals surface area contributed by atoms with Gasteiger partial charge >= 0.3 is 0 Å². The first-order valence-corrected chi connectivity index (χ1v) is 12.1. The predicted octanol–water partition coefficient (Wildman–Crippen LogP) is 3.34. The van der Waals surface area contributed by atoms with E-state index in [0.717, 1.165) is 36.1 Å². The van der Waals surface area contributed by atoms with Crippen molar-refractivity contribution in [3.63, 3.8) is 0 Å². The second kappa shape index (κ2) is 8.80. The maximum Gasteiger partial charge on any atom is 0.251 e. The first-order chi connectivity index (χ1) is 14.9. The van der Waals surface area contributed by atoms with E-state index in [1.807, 2.05) is 38.1 Å². The average molecular weight is 441 g/mol. The summed E-state index contributed by atoms with van der Waals surface area (Å²) in [6.45, 7) is 5.41. The van der Waals surface area contributed by atoms with Gasteiger partial charge in [0.25, 0.3) is 5.91 Å². The van der Waals surface area contributed by atoms with Gasteiger partial charge < -0.3 is 9.88 Å². The van der Waals surface area contributed by atoms with Crippen LogP contribution < -0.4 is 5.32 Å². The van der Waals surface area contributed by atoms with Crippen LogP contribution in [0.5, 0.6) is 0 Å². The molecular weight excluding hydrogens is 412 g/mol. The molecule has 0 spiro atoms. The van der Waals surface area contributed by atoms with Gasteiger partial charge in [-0.05, 0) is 57.0 Å². The van der Waals surface area contributed by atoms with Crippen LogP contribution in [-0.2, 0) is 16.6 Å². The van der Waals surface area contributed by atoms with Crippen LogP contribution in [0.25, 0.3) is 11.0 Å². The zero-order valence-electron chi connectivity index (χ0n) is 17.9. The molecule has 0 aliphatic carbocycles. The van der Waals surface area contributed by atoms with E-state index in [-0.39, 0.29) is 16.8 Å². The maximum absolute atomic E-state index is 13.1. The second-order valence-electron chi connectivity index (χ2n) is 8.04. The highest BCUT2D eigenvalue weighted by Crippen LogP contribution is 2.25. The summed E-state index contributed by atoms with van der Waals surface area (Å²) in [6, 6.07) is 14.2. The van der Waals surface area contributed by atoms with E-state index >= 15 is 0 Å². The van der Waals surface area contributed by atoms with Gasteiger partial charge in [0.2, 0.25) is 10.0 Å². The van der Waals surface area contributed by atoms with Crippen molar-refractivity contribution in [3.8, 4) is 0 Å². The molecule has 4 rings (SSSR count). The molecule has 1 aliphatic heterocycles. The highest BCUT2D eigenvalue weighted by molar-refractivity contribution is 7.89. The summed E-state index contributed by atoms with van der Waals surface area (Å²) in [5.74, 6) is 0.602. The Morgan fingerprint density at radius 1 is 1.16 bits per heavy atom. The van der Waals surface area contributed by atoms with Crippen LogP contribution in [0.1, 0.15) is 42.4 Å². The van der Waals surface area contributed by atoms with Crippen LogP contribution in [0, 0.1) is 6.92 Å². The monoisotopic (exact) mass is 440 g/mol. The summed E-state index contributed by atoms with van der Waals surface area (Å²) in [7, 11) is -3.61. The number of hydrogen-bond donors (Lipinski definition) is 1. The Kier molecular flexibility index (Phi) is 6.11. The van der Waals surface area contributed by atoms with E-state index in [9.17, 15) is 13.2 Å². The Labute approximate surface area is 183 Å². The Bertz CT molecular complexity index is 1200. The fourth-order valence-corrected chi connectivity index (χ4v) is 5.97. The summed E-state index contributed by atoms with van der Waals surface area (Å²) in [5.41, 5.74) is 2.30. The van der Waals surface area contributed by atoms with Gasteiger partial charge in [-0.15, -0.1) is 0 Å². The number of piperidine rings is 1. The highest BCUT2D eigenvalue weighted by Gasteiger charge is 2.31. The normalized spacial score (nSPS) is 17.7. The third-order valence-corrected chi connectivity index (χ3v) is 7.92. The standard InChI is InChI=1S/C23H28N4O3S/c1-17-8-5-6-14-27(17)31(29,30)20-10-7-9-19(16-20)23(28)24-13-15-26-18(2)25-21-11-3-4-12-22(21)26/h3-4,7,9-12,16-17H,5-6,8,13-15H2,1-2H3,(H,24,28). The number of aryl methyl sites for hydroxylation is 1. The van der Waals surface area contributed by atoms with Crippen LogP contribution >= 0.6 is 0 Å². The van der Waals surface area contributed by atoms with Gasteiger partial charge in [0, 0.05) is 31.2 Å². The first-order valence-electron chi connectivity index (χ1n) is 10.7. The Morgan fingerprint density at radius 3 is 2.77 bits per heavy atom. The number of rotatable bonds is 6. The smallest absolute Gasteiger partial charge is 0.251 e. The van der Waals surface area contributed by atoms with Gasteiger partial charge in [-0.3, -0.25) is 4.79 Å². The summed E-state index contributed by atoms with van der Waals surface area (Å²) in [6.07, 6.45) is 2.77. The molecule has 1 fully saturated rings. The quantitative estimate of drug-likeness (QED) is 0.637. The molecule has 3 aromatic rings. The van der Waals surface area contributed by atoms with Gasteiger partial charge in [-0.2, -0.15) is 4.31 Å². The zero-order valence-corrected chi connectivity index (χ0v) is 18.7. The number of sulfonamides is 1. The van der Waals surface area contributed by atoms with Crippen molar-refractivity contribution in [2.75, 3.05) is 13.1 Å². The number of imidazole rings is 1. The Balaban J connectivity index is 1.45. The number of benzene rings is 2. The Morgan fingerprint density at radius 2 is 1.97 bits per heavy atom. The molecule has 0 radical (unpaired) electrons. The van der Waals surface area contributed by atoms with Crippen molar-refractivity contribution in [1.82, 2.24) is 19.2 Å². The van der Waals surface area contributed by atoms with Crippen molar-refractivity contribution >= 4 is 27.0 Å². The minimum atomic E-state index is -3.61. The molecule has 1 N–H and O–H groups in total. The van der Waals surface area contributed by atoms with E-state index in [1.165, 1.54) is 6.07 Å². The number of carbonyl (C=O) groups is 1. The number of amides is 1. The second-order valence-corrected chi connectivity index (χ2v) is 9.93. The number of para-hydroxylation sites is 2. The molecule has 0 bridgehead atoms. The molecule has 1 unspecified atom stereocenters. The summed E-state index contributed by atoms with van der Waals surface area (Å²) >= 11 is 0. The number of hydrogen-bond acceptors (Lipinski definition) is 4. The maximum atomic E-state index is 13.1. The lowest BCUT2D eigenvalue weighted by molar-refractivity contribution is 0.0952. The molecule has 0 saturated carbocycles. The van der Waals surface area contributed by atoms with Gasteiger partial charge in [0.05, 0.1) is 15.9 Å². The molecule has 1 saturated heterocycles. The predicted molar refractivity (Wildman–Crippen MR) is 120 cm³/mol. The van der Waals surface area contributed by atoms with E-state index < -0.39 is 10.0 Å². The van der Waals surface area contributed by atoms with Crippen molar-refractivity contribution in [1.29, 1.82) is 0 Å². The highest BCUT2D eigenvalue weighted by atomic mass is 32.2. The van der Waals surface area contributed by atoms with Crippen LogP contribution in [0.15, 0.2) is 53.4 Å². The average Bonchev–Trinajstić information content (AvgIpc) is 3.09. The third-order valence-electron chi connectivity index (χ3n) is 5.91. The number of carbonyl (C=O) groups excluding carboxylic acids is 1. The van der Waals surface area contributed by atoms with Crippen LogP contribution in [0.3, 0.4) is 0 Å². The van der Waals surface area contributed by atoms with Gasteiger partial charge in [0.15, 0.2) is 0 Å². The van der Waals surface area contributed by atoms with E-state index in [2.05, 4.69) is 14.9 Å². The lowest BCUT2D eigenvalue weighted by Gasteiger charge is -2.32. The van der Waals surface area contributed by atoms with Crippen molar-refractivity contribution < 1.29 is 13.2 Å². The van der Waals surface area contributed by atoms with E-state index in [0.29, 0.717) is 25.2 Å².